The van der Waals surface area contributed by atoms with Crippen molar-refractivity contribution in [2.75, 3.05) is 18.4 Å². The summed E-state index contributed by atoms with van der Waals surface area (Å²) in [5.41, 5.74) is 0.584. The molecule has 0 saturated heterocycles. The van der Waals surface area contributed by atoms with Crippen molar-refractivity contribution in [3.63, 3.8) is 0 Å². The molecule has 96 valence electrons. The fourth-order valence-electron chi connectivity index (χ4n) is 1.91. The van der Waals surface area contributed by atoms with Gasteiger partial charge in [0.1, 0.15) is 0 Å². The highest BCUT2D eigenvalue weighted by Gasteiger charge is 2.12. The maximum absolute atomic E-state index is 11.0. The average molecular weight is 238 g/mol. The number of hydrogen-bond acceptors (Lipinski definition) is 4. The lowest BCUT2D eigenvalue weighted by atomic mass is 10.2. The molecule has 0 unspecified atom stereocenters. The second-order valence-corrected chi connectivity index (χ2v) is 4.69. The van der Waals surface area contributed by atoms with Crippen LogP contribution in [-0.4, -0.2) is 40.3 Å². The predicted octanol–water partition coefficient (Wildman–Crippen LogP) is 1.30. The molecule has 0 aliphatic heterocycles. The van der Waals surface area contributed by atoms with E-state index in [-0.39, 0.29) is 5.56 Å². The molecule has 0 fully saturated rings. The zero-order valence-corrected chi connectivity index (χ0v) is 11.0. The summed E-state index contributed by atoms with van der Waals surface area (Å²) < 4.78 is 0. The zero-order valence-electron chi connectivity index (χ0n) is 11.0. The van der Waals surface area contributed by atoms with Crippen molar-refractivity contribution in [2.45, 2.75) is 39.8 Å². The van der Waals surface area contributed by atoms with Crippen LogP contribution in [0.25, 0.3) is 0 Å². The third-order valence-corrected chi connectivity index (χ3v) is 2.69. The van der Waals surface area contributed by atoms with Gasteiger partial charge < -0.3 is 5.32 Å². The standard InChI is InChI=1S/C12H22N4O/c1-9(2)16(10(3)4)6-5-13-11-7-12(17)15-14-8-11/h7-10H,5-6H2,1-4H3,(H2,13,15,17). The maximum atomic E-state index is 11.0. The molecule has 17 heavy (non-hydrogen) atoms. The molecule has 1 aromatic heterocycles. The molecule has 1 rings (SSSR count). The van der Waals surface area contributed by atoms with Crippen LogP contribution in [0, 0.1) is 0 Å². The van der Waals surface area contributed by atoms with E-state index in [4.69, 9.17) is 0 Å². The van der Waals surface area contributed by atoms with E-state index in [2.05, 4.69) is 48.1 Å². The molecule has 0 bridgehead atoms. The van der Waals surface area contributed by atoms with E-state index in [9.17, 15) is 4.79 Å². The van der Waals surface area contributed by atoms with Crippen molar-refractivity contribution in [2.24, 2.45) is 0 Å². The Morgan fingerprint density at radius 1 is 1.35 bits per heavy atom. The van der Waals surface area contributed by atoms with Crippen LogP contribution in [-0.2, 0) is 0 Å². The fourth-order valence-corrected chi connectivity index (χ4v) is 1.91. The van der Waals surface area contributed by atoms with Gasteiger partial charge in [0.2, 0.25) is 0 Å². The maximum Gasteiger partial charge on any atom is 0.266 e. The number of nitrogens with zero attached hydrogens (tertiary/aromatic N) is 2. The van der Waals surface area contributed by atoms with Crippen LogP contribution in [0.4, 0.5) is 5.69 Å². The summed E-state index contributed by atoms with van der Waals surface area (Å²) in [5.74, 6) is 0. The normalized spacial score (nSPS) is 11.5. The number of H-pyrrole nitrogens is 1. The number of rotatable bonds is 6. The lowest BCUT2D eigenvalue weighted by molar-refractivity contribution is 0.182. The highest BCUT2D eigenvalue weighted by molar-refractivity contribution is 5.38. The topological polar surface area (TPSA) is 61.0 Å². The van der Waals surface area contributed by atoms with Gasteiger partial charge in [-0.1, -0.05) is 0 Å². The Morgan fingerprint density at radius 2 is 2.00 bits per heavy atom. The van der Waals surface area contributed by atoms with Crippen LogP contribution >= 0.6 is 0 Å². The zero-order chi connectivity index (χ0) is 12.8. The summed E-state index contributed by atoms with van der Waals surface area (Å²) in [7, 11) is 0. The number of aromatic amines is 1. The van der Waals surface area contributed by atoms with Crippen molar-refractivity contribution in [3.8, 4) is 0 Å². The summed E-state index contributed by atoms with van der Waals surface area (Å²) in [5, 5.41) is 9.29. The monoisotopic (exact) mass is 238 g/mol. The predicted molar refractivity (Wildman–Crippen MR) is 70.3 cm³/mol. The van der Waals surface area contributed by atoms with Crippen molar-refractivity contribution in [1.82, 2.24) is 15.1 Å². The molecule has 0 aromatic carbocycles. The first kappa shape index (κ1) is 13.7. The highest BCUT2D eigenvalue weighted by atomic mass is 16.1. The highest BCUT2D eigenvalue weighted by Crippen LogP contribution is 2.05. The summed E-state index contributed by atoms with van der Waals surface area (Å²) >= 11 is 0. The van der Waals surface area contributed by atoms with Gasteiger partial charge in [-0.2, -0.15) is 5.10 Å². The molecular weight excluding hydrogens is 216 g/mol. The molecule has 5 nitrogen and oxygen atoms in total. The van der Waals surface area contributed by atoms with Gasteiger partial charge in [0.05, 0.1) is 11.9 Å². The second kappa shape index (κ2) is 6.39. The molecule has 1 heterocycles. The van der Waals surface area contributed by atoms with Crippen LogP contribution in [0.1, 0.15) is 27.7 Å². The van der Waals surface area contributed by atoms with Crippen molar-refractivity contribution < 1.29 is 0 Å². The van der Waals surface area contributed by atoms with Gasteiger partial charge in [0.15, 0.2) is 0 Å². The number of nitrogens with one attached hydrogen (secondary N) is 2. The number of anilines is 1. The van der Waals surface area contributed by atoms with Crippen LogP contribution in [0.5, 0.6) is 0 Å². The first-order valence-electron chi connectivity index (χ1n) is 6.05. The molecule has 0 spiro atoms. The number of aromatic nitrogens is 2. The lowest BCUT2D eigenvalue weighted by Gasteiger charge is -2.30. The molecule has 5 heteroatoms. The van der Waals surface area contributed by atoms with E-state index in [1.165, 1.54) is 6.07 Å². The average Bonchev–Trinajstić information content (AvgIpc) is 2.23. The molecule has 2 N–H and O–H groups in total. The third-order valence-electron chi connectivity index (χ3n) is 2.69. The minimum Gasteiger partial charge on any atom is -0.382 e. The SMILES string of the molecule is CC(C)N(CCNc1cn[nH]c(=O)c1)C(C)C. The Hall–Kier alpha value is -1.36. The third kappa shape index (κ3) is 4.56. The lowest BCUT2D eigenvalue weighted by Crippen LogP contribution is -2.40. The first-order valence-corrected chi connectivity index (χ1v) is 6.05. The van der Waals surface area contributed by atoms with Crippen LogP contribution < -0.4 is 10.9 Å². The fraction of sp³-hybridized carbons (Fsp3) is 0.667. The Labute approximate surface area is 102 Å². The van der Waals surface area contributed by atoms with Gasteiger partial charge in [0.25, 0.3) is 5.56 Å². The smallest absolute Gasteiger partial charge is 0.266 e. The molecule has 0 saturated carbocycles. The van der Waals surface area contributed by atoms with Crippen LogP contribution in [0.2, 0.25) is 0 Å². The molecule has 0 atom stereocenters. The summed E-state index contributed by atoms with van der Waals surface area (Å²) in [6.45, 7) is 10.5. The molecule has 0 aliphatic carbocycles. The second-order valence-electron chi connectivity index (χ2n) is 4.69. The molecule has 0 aliphatic rings. The Morgan fingerprint density at radius 3 is 2.53 bits per heavy atom. The van der Waals surface area contributed by atoms with E-state index in [0.717, 1.165) is 18.8 Å². The van der Waals surface area contributed by atoms with Crippen LogP contribution in [0.3, 0.4) is 0 Å². The Balaban J connectivity index is 2.44. The molecule has 1 aromatic rings. The minimum atomic E-state index is -0.181. The van der Waals surface area contributed by atoms with Gasteiger partial charge in [-0.15, -0.1) is 0 Å². The molecule has 0 radical (unpaired) electrons. The van der Waals surface area contributed by atoms with E-state index in [1.54, 1.807) is 6.20 Å². The van der Waals surface area contributed by atoms with Crippen molar-refractivity contribution in [1.29, 1.82) is 0 Å². The summed E-state index contributed by atoms with van der Waals surface area (Å²) in [6.07, 6.45) is 1.62. The van der Waals surface area contributed by atoms with Crippen molar-refractivity contribution >= 4 is 5.69 Å². The van der Waals surface area contributed by atoms with Gasteiger partial charge in [-0.05, 0) is 27.7 Å². The minimum absolute atomic E-state index is 0.181. The van der Waals surface area contributed by atoms with E-state index < -0.39 is 0 Å². The summed E-state index contributed by atoms with van der Waals surface area (Å²) in [6, 6.07) is 2.56. The van der Waals surface area contributed by atoms with Gasteiger partial charge in [-0.3, -0.25) is 9.69 Å². The van der Waals surface area contributed by atoms with E-state index in [0.29, 0.717) is 12.1 Å². The molecule has 0 amide bonds. The number of hydrogen-bond donors (Lipinski definition) is 2. The Kier molecular flexibility index (Phi) is 5.15. The van der Waals surface area contributed by atoms with Gasteiger partial charge >= 0.3 is 0 Å². The summed E-state index contributed by atoms with van der Waals surface area (Å²) in [4.78, 5) is 13.4. The van der Waals surface area contributed by atoms with Crippen LogP contribution in [0.15, 0.2) is 17.1 Å². The van der Waals surface area contributed by atoms with Crippen molar-refractivity contribution in [3.05, 3.63) is 22.6 Å². The van der Waals surface area contributed by atoms with E-state index in [1.807, 2.05) is 0 Å². The molecular formula is C12H22N4O. The first-order chi connectivity index (χ1) is 8.00. The Bertz CT molecular complexity index is 378. The van der Waals surface area contributed by atoms with Gasteiger partial charge in [-0.25, -0.2) is 5.10 Å². The quantitative estimate of drug-likeness (QED) is 0.784. The van der Waals surface area contributed by atoms with Gasteiger partial charge in [0, 0.05) is 31.2 Å². The largest absolute Gasteiger partial charge is 0.382 e. The van der Waals surface area contributed by atoms with E-state index >= 15 is 0 Å².